The number of benzene rings is 1. The first-order chi connectivity index (χ1) is 10.0. The van der Waals surface area contributed by atoms with E-state index in [1.807, 2.05) is 12.1 Å². The molecule has 1 fully saturated rings. The zero-order valence-electron chi connectivity index (χ0n) is 12.2. The number of nitrogens with two attached hydrogens (primary N) is 1. The Bertz CT molecular complexity index is 506. The monoisotopic (exact) mass is 327 g/mol. The van der Waals surface area contributed by atoms with Gasteiger partial charge in [0.25, 0.3) is 0 Å². The molecule has 1 aromatic rings. The van der Waals surface area contributed by atoms with Crippen molar-refractivity contribution in [2.24, 2.45) is 11.7 Å². The molecule has 1 unspecified atom stereocenters. The number of allylic oxidation sites excluding steroid dienone is 1. The molecule has 116 valence electrons. The fourth-order valence-electron chi connectivity index (χ4n) is 3.56. The molecule has 1 aliphatic rings. The zero-order chi connectivity index (χ0) is 15.5. The van der Waals surface area contributed by atoms with Crippen LogP contribution in [0.1, 0.15) is 37.7 Å². The van der Waals surface area contributed by atoms with Crippen molar-refractivity contribution in [3.05, 3.63) is 46.0 Å². The molecule has 0 aromatic heterocycles. The Morgan fingerprint density at radius 2 is 1.90 bits per heavy atom. The summed E-state index contributed by atoms with van der Waals surface area (Å²) in [6.45, 7) is 4.83. The summed E-state index contributed by atoms with van der Waals surface area (Å²) in [6.07, 6.45) is 4.73. The molecule has 1 aromatic carbocycles. The van der Waals surface area contributed by atoms with Crippen LogP contribution in [0.5, 0.6) is 0 Å². The van der Waals surface area contributed by atoms with E-state index in [0.29, 0.717) is 23.0 Å². The number of aliphatic hydroxyl groups excluding tert-OH is 1. The quantitative estimate of drug-likeness (QED) is 0.791. The van der Waals surface area contributed by atoms with Gasteiger partial charge in [-0.1, -0.05) is 41.4 Å². The number of hydrogen-bond acceptors (Lipinski definition) is 2. The molecule has 0 aliphatic heterocycles. The minimum absolute atomic E-state index is 0.0348. The second-order valence-corrected chi connectivity index (χ2v) is 6.79. The Balaban J connectivity index is 2.43. The van der Waals surface area contributed by atoms with Crippen molar-refractivity contribution in [3.63, 3.8) is 0 Å². The molecule has 21 heavy (non-hydrogen) atoms. The molecular formula is C17H23Cl2NO. The lowest BCUT2D eigenvalue weighted by molar-refractivity contribution is 0.166. The van der Waals surface area contributed by atoms with Gasteiger partial charge in [0.15, 0.2) is 0 Å². The van der Waals surface area contributed by atoms with Crippen molar-refractivity contribution in [2.45, 2.75) is 37.5 Å². The summed E-state index contributed by atoms with van der Waals surface area (Å²) in [7, 11) is 0. The Morgan fingerprint density at radius 3 is 2.43 bits per heavy atom. The topological polar surface area (TPSA) is 46.2 Å². The number of halogens is 2. The maximum Gasteiger partial charge on any atom is 0.0595 e. The number of aliphatic hydroxyl groups is 1. The fraction of sp³-hybridized carbons (Fsp3) is 0.529. The minimum atomic E-state index is -0.0348. The van der Waals surface area contributed by atoms with Gasteiger partial charge >= 0.3 is 0 Å². The van der Waals surface area contributed by atoms with Gasteiger partial charge in [0.2, 0.25) is 0 Å². The van der Waals surface area contributed by atoms with Crippen molar-refractivity contribution >= 4 is 23.2 Å². The van der Waals surface area contributed by atoms with Crippen molar-refractivity contribution in [1.29, 1.82) is 0 Å². The van der Waals surface area contributed by atoms with E-state index >= 15 is 0 Å². The van der Waals surface area contributed by atoms with Crippen molar-refractivity contribution in [2.75, 3.05) is 13.2 Å². The molecule has 0 amide bonds. The third kappa shape index (κ3) is 3.45. The highest BCUT2D eigenvalue weighted by Crippen LogP contribution is 2.48. The summed E-state index contributed by atoms with van der Waals surface area (Å²) in [5.41, 5.74) is 8.47. The lowest BCUT2D eigenvalue weighted by Crippen LogP contribution is -2.42. The zero-order valence-corrected chi connectivity index (χ0v) is 13.8. The van der Waals surface area contributed by atoms with Crippen molar-refractivity contribution < 1.29 is 5.11 Å². The molecule has 0 saturated heterocycles. The fourth-order valence-corrected chi connectivity index (χ4v) is 3.86. The first kappa shape index (κ1) is 16.8. The molecule has 2 rings (SSSR count). The van der Waals surface area contributed by atoms with Crippen LogP contribution in [0.25, 0.3) is 0 Å². The highest BCUT2D eigenvalue weighted by Gasteiger charge is 2.41. The van der Waals surface area contributed by atoms with Gasteiger partial charge in [-0.05, 0) is 62.3 Å². The molecule has 1 atom stereocenters. The smallest absolute Gasteiger partial charge is 0.0595 e. The molecule has 4 heteroatoms. The predicted molar refractivity (Wildman–Crippen MR) is 90.0 cm³/mol. The molecule has 0 radical (unpaired) electrons. The molecule has 0 heterocycles. The van der Waals surface area contributed by atoms with Gasteiger partial charge in [0.1, 0.15) is 0 Å². The van der Waals surface area contributed by atoms with E-state index in [0.717, 1.165) is 25.7 Å². The maximum atomic E-state index is 9.39. The summed E-state index contributed by atoms with van der Waals surface area (Å²) in [5.74, 6) is 0.243. The van der Waals surface area contributed by atoms with Crippen LogP contribution >= 0.6 is 23.2 Å². The van der Waals surface area contributed by atoms with Crippen LogP contribution in [-0.4, -0.2) is 18.3 Å². The first-order valence-electron chi connectivity index (χ1n) is 7.46. The summed E-state index contributed by atoms with van der Waals surface area (Å²) in [4.78, 5) is 0. The molecule has 3 N–H and O–H groups in total. The normalized spacial score (nSPS) is 19.5. The van der Waals surface area contributed by atoms with E-state index in [1.165, 1.54) is 11.1 Å². The molecule has 0 bridgehead atoms. The van der Waals surface area contributed by atoms with Crippen LogP contribution in [0.3, 0.4) is 0 Å². The summed E-state index contributed by atoms with van der Waals surface area (Å²) in [5, 5.41) is 10.5. The lowest BCUT2D eigenvalue weighted by Gasteiger charge is -2.44. The summed E-state index contributed by atoms with van der Waals surface area (Å²) in [6, 6.07) is 5.89. The molecule has 2 nitrogen and oxygen atoms in total. The van der Waals surface area contributed by atoms with E-state index in [4.69, 9.17) is 28.9 Å². The van der Waals surface area contributed by atoms with Gasteiger partial charge in [0.05, 0.1) is 10.0 Å². The average molecular weight is 328 g/mol. The van der Waals surface area contributed by atoms with Crippen LogP contribution in [0.15, 0.2) is 30.4 Å². The second kappa shape index (κ2) is 7.15. The first-order valence-corrected chi connectivity index (χ1v) is 8.22. The molecular weight excluding hydrogens is 305 g/mol. The van der Waals surface area contributed by atoms with Crippen LogP contribution in [0.4, 0.5) is 0 Å². The van der Waals surface area contributed by atoms with Crippen LogP contribution < -0.4 is 5.73 Å². The Morgan fingerprint density at radius 1 is 1.24 bits per heavy atom. The van der Waals surface area contributed by atoms with Gasteiger partial charge in [-0.2, -0.15) is 0 Å². The third-order valence-corrected chi connectivity index (χ3v) is 5.63. The standard InChI is InChI=1S/C17H23Cl2NO/c1-12-4-7-17(8-5-12,14(11-20)6-9-21)13-2-3-15(18)16(19)10-13/h2-3,10,14,21H,1,4-9,11,20H2. The van der Waals surface area contributed by atoms with Gasteiger partial charge < -0.3 is 10.8 Å². The Hall–Kier alpha value is -0.540. The minimum Gasteiger partial charge on any atom is -0.396 e. The Kier molecular flexibility index (Phi) is 5.73. The lowest BCUT2D eigenvalue weighted by atomic mass is 9.60. The van der Waals surface area contributed by atoms with Gasteiger partial charge in [-0.3, -0.25) is 0 Å². The number of hydrogen-bond donors (Lipinski definition) is 2. The van der Waals surface area contributed by atoms with Gasteiger partial charge in [0, 0.05) is 12.0 Å². The van der Waals surface area contributed by atoms with E-state index in [-0.39, 0.29) is 17.9 Å². The SMILES string of the molecule is C=C1CCC(c2ccc(Cl)c(Cl)c2)(C(CN)CCO)CC1. The van der Waals surface area contributed by atoms with Crippen molar-refractivity contribution in [1.82, 2.24) is 0 Å². The molecule has 1 saturated carbocycles. The van der Waals surface area contributed by atoms with Crippen LogP contribution in [0, 0.1) is 5.92 Å². The van der Waals surface area contributed by atoms with Crippen molar-refractivity contribution in [3.8, 4) is 0 Å². The van der Waals surface area contributed by atoms with Crippen LogP contribution in [0.2, 0.25) is 10.0 Å². The Labute approximate surface area is 136 Å². The van der Waals surface area contributed by atoms with E-state index in [1.54, 1.807) is 0 Å². The number of rotatable bonds is 5. The summed E-state index contributed by atoms with van der Waals surface area (Å²) >= 11 is 12.3. The van der Waals surface area contributed by atoms with Gasteiger partial charge in [-0.25, -0.2) is 0 Å². The predicted octanol–water partition coefficient (Wildman–Crippen LogP) is 4.32. The summed E-state index contributed by atoms with van der Waals surface area (Å²) < 4.78 is 0. The van der Waals surface area contributed by atoms with Crippen LogP contribution in [-0.2, 0) is 5.41 Å². The van der Waals surface area contributed by atoms with Gasteiger partial charge in [-0.15, -0.1) is 0 Å². The second-order valence-electron chi connectivity index (χ2n) is 5.98. The molecule has 1 aliphatic carbocycles. The third-order valence-electron chi connectivity index (χ3n) is 4.89. The highest BCUT2D eigenvalue weighted by molar-refractivity contribution is 6.42. The van der Waals surface area contributed by atoms with E-state index in [2.05, 4.69) is 12.6 Å². The van der Waals surface area contributed by atoms with E-state index in [9.17, 15) is 5.11 Å². The molecule has 0 spiro atoms. The average Bonchev–Trinajstić information content (AvgIpc) is 2.49. The largest absolute Gasteiger partial charge is 0.396 e. The van der Waals surface area contributed by atoms with E-state index < -0.39 is 0 Å². The maximum absolute atomic E-state index is 9.39. The highest BCUT2D eigenvalue weighted by atomic mass is 35.5.